The van der Waals surface area contributed by atoms with Crippen molar-refractivity contribution in [1.82, 2.24) is 35.7 Å². The van der Waals surface area contributed by atoms with E-state index in [0.717, 1.165) is 4.90 Å². The normalized spacial score (nSPS) is 17.5. The third-order valence-corrected chi connectivity index (χ3v) is 4.19. The van der Waals surface area contributed by atoms with Crippen LogP contribution in [0.2, 0.25) is 0 Å². The maximum atomic E-state index is 12.0. The minimum atomic E-state index is -0.773. The number of imide groups is 1. The standard InChI is InChI=1S/C12H19N7O3S/c1-3-5-19-10(21)8(14-11(19)22)7-9(20)13-4-6-23-12-15-16-17-18(12)2/h8H,3-7H2,1-2H3,(H,13,20)(H,14,22)/t8-/m1/s1. The van der Waals surface area contributed by atoms with Crippen molar-refractivity contribution in [3.05, 3.63) is 0 Å². The molecular formula is C12H19N7O3S. The molecule has 1 aromatic heterocycles. The van der Waals surface area contributed by atoms with E-state index in [2.05, 4.69) is 26.2 Å². The van der Waals surface area contributed by atoms with Crippen LogP contribution in [0.15, 0.2) is 5.16 Å². The summed E-state index contributed by atoms with van der Waals surface area (Å²) in [5, 5.41) is 16.9. The van der Waals surface area contributed by atoms with E-state index in [-0.39, 0.29) is 18.2 Å². The molecule has 10 nitrogen and oxygen atoms in total. The van der Waals surface area contributed by atoms with Crippen molar-refractivity contribution in [2.75, 3.05) is 18.8 Å². The molecule has 1 saturated heterocycles. The Morgan fingerprint density at radius 3 is 2.87 bits per heavy atom. The highest BCUT2D eigenvalue weighted by molar-refractivity contribution is 7.99. The Morgan fingerprint density at radius 1 is 1.43 bits per heavy atom. The molecule has 1 aliphatic heterocycles. The van der Waals surface area contributed by atoms with E-state index in [1.165, 1.54) is 11.8 Å². The lowest BCUT2D eigenvalue weighted by Crippen LogP contribution is -2.37. The summed E-state index contributed by atoms with van der Waals surface area (Å²) in [4.78, 5) is 36.6. The van der Waals surface area contributed by atoms with Crippen LogP contribution in [-0.4, -0.2) is 67.8 Å². The van der Waals surface area contributed by atoms with Gasteiger partial charge < -0.3 is 10.6 Å². The van der Waals surface area contributed by atoms with E-state index >= 15 is 0 Å². The molecule has 0 bridgehead atoms. The van der Waals surface area contributed by atoms with Gasteiger partial charge in [0.1, 0.15) is 6.04 Å². The maximum Gasteiger partial charge on any atom is 0.324 e. The van der Waals surface area contributed by atoms with Crippen molar-refractivity contribution in [3.8, 4) is 0 Å². The summed E-state index contributed by atoms with van der Waals surface area (Å²) >= 11 is 1.41. The highest BCUT2D eigenvalue weighted by atomic mass is 32.2. The van der Waals surface area contributed by atoms with Crippen LogP contribution in [0.25, 0.3) is 0 Å². The van der Waals surface area contributed by atoms with Gasteiger partial charge in [-0.05, 0) is 16.8 Å². The Labute approximate surface area is 137 Å². The molecular weight excluding hydrogens is 322 g/mol. The van der Waals surface area contributed by atoms with Crippen LogP contribution in [0.1, 0.15) is 19.8 Å². The molecule has 1 aliphatic rings. The Kier molecular flexibility index (Phi) is 5.90. The number of tetrazole rings is 1. The van der Waals surface area contributed by atoms with Crippen molar-refractivity contribution in [2.45, 2.75) is 31.0 Å². The zero-order valence-corrected chi connectivity index (χ0v) is 13.8. The van der Waals surface area contributed by atoms with Crippen molar-refractivity contribution in [3.63, 3.8) is 0 Å². The number of nitrogens with zero attached hydrogens (tertiary/aromatic N) is 5. The fourth-order valence-electron chi connectivity index (χ4n) is 2.08. The minimum absolute atomic E-state index is 0.0546. The lowest BCUT2D eigenvalue weighted by molar-refractivity contribution is -0.130. The van der Waals surface area contributed by atoms with Gasteiger partial charge in [-0.15, -0.1) is 5.10 Å². The molecule has 0 aliphatic carbocycles. The van der Waals surface area contributed by atoms with Crippen molar-refractivity contribution >= 4 is 29.6 Å². The van der Waals surface area contributed by atoms with Crippen LogP contribution >= 0.6 is 11.8 Å². The molecule has 0 spiro atoms. The van der Waals surface area contributed by atoms with Gasteiger partial charge in [-0.25, -0.2) is 9.48 Å². The first-order chi connectivity index (χ1) is 11.0. The molecule has 2 N–H and O–H groups in total. The predicted octanol–water partition coefficient (Wildman–Crippen LogP) is -0.861. The second-order valence-corrected chi connectivity index (χ2v) is 6.04. The van der Waals surface area contributed by atoms with E-state index < -0.39 is 12.1 Å². The maximum absolute atomic E-state index is 12.0. The molecule has 0 radical (unpaired) electrons. The number of hydrogen-bond donors (Lipinski definition) is 2. The Bertz CT molecular complexity index is 591. The largest absolute Gasteiger partial charge is 0.355 e. The van der Waals surface area contributed by atoms with Gasteiger partial charge >= 0.3 is 6.03 Å². The van der Waals surface area contributed by atoms with Crippen LogP contribution in [0.5, 0.6) is 0 Å². The number of rotatable bonds is 8. The number of urea groups is 1. The van der Waals surface area contributed by atoms with Gasteiger partial charge in [0.05, 0.1) is 6.42 Å². The third kappa shape index (κ3) is 4.41. The molecule has 0 unspecified atom stereocenters. The Morgan fingerprint density at radius 2 is 2.22 bits per heavy atom. The number of aromatic nitrogens is 4. The number of carbonyl (C=O) groups is 3. The van der Waals surface area contributed by atoms with E-state index in [1.807, 2.05) is 6.92 Å². The summed E-state index contributed by atoms with van der Waals surface area (Å²) in [7, 11) is 1.73. The first-order valence-electron chi connectivity index (χ1n) is 7.26. The monoisotopic (exact) mass is 341 g/mol. The van der Waals surface area contributed by atoms with E-state index in [4.69, 9.17) is 0 Å². The molecule has 1 atom stereocenters. The zero-order chi connectivity index (χ0) is 16.8. The average Bonchev–Trinajstić information content (AvgIpc) is 3.03. The summed E-state index contributed by atoms with van der Waals surface area (Å²) in [5.74, 6) is -0.0161. The number of aryl methyl sites for hydroxylation is 1. The number of hydrogen-bond acceptors (Lipinski definition) is 7. The Hall–Kier alpha value is -2.17. The number of thioether (sulfide) groups is 1. The number of amides is 4. The first-order valence-corrected chi connectivity index (χ1v) is 8.25. The van der Waals surface area contributed by atoms with Crippen LogP contribution in [0.4, 0.5) is 4.79 Å². The second-order valence-electron chi connectivity index (χ2n) is 4.98. The lowest BCUT2D eigenvalue weighted by atomic mass is 10.2. The second kappa shape index (κ2) is 7.90. The summed E-state index contributed by atoms with van der Waals surface area (Å²) < 4.78 is 1.54. The van der Waals surface area contributed by atoms with Crippen molar-refractivity contribution in [2.24, 2.45) is 7.05 Å². The quantitative estimate of drug-likeness (QED) is 0.358. The molecule has 0 aromatic carbocycles. The molecule has 23 heavy (non-hydrogen) atoms. The fraction of sp³-hybridized carbons (Fsp3) is 0.667. The highest BCUT2D eigenvalue weighted by Crippen LogP contribution is 2.12. The van der Waals surface area contributed by atoms with Crippen LogP contribution in [-0.2, 0) is 16.6 Å². The summed E-state index contributed by atoms with van der Waals surface area (Å²) in [6.07, 6.45) is 0.632. The van der Waals surface area contributed by atoms with Gasteiger partial charge in [0.25, 0.3) is 5.91 Å². The van der Waals surface area contributed by atoms with Gasteiger partial charge in [0.15, 0.2) is 0 Å². The fourth-order valence-corrected chi connectivity index (χ4v) is 2.79. The zero-order valence-electron chi connectivity index (χ0n) is 13.0. The topological polar surface area (TPSA) is 122 Å². The van der Waals surface area contributed by atoms with Gasteiger partial charge in [0.2, 0.25) is 11.1 Å². The lowest BCUT2D eigenvalue weighted by Gasteiger charge is -2.11. The smallest absolute Gasteiger partial charge is 0.324 e. The molecule has 11 heteroatoms. The van der Waals surface area contributed by atoms with Crippen LogP contribution in [0, 0.1) is 0 Å². The van der Waals surface area contributed by atoms with Crippen molar-refractivity contribution < 1.29 is 14.4 Å². The highest BCUT2D eigenvalue weighted by Gasteiger charge is 2.38. The minimum Gasteiger partial charge on any atom is -0.355 e. The molecule has 126 valence electrons. The summed E-state index contributed by atoms with van der Waals surface area (Å²) in [5.41, 5.74) is 0. The van der Waals surface area contributed by atoms with Gasteiger partial charge in [-0.2, -0.15) is 0 Å². The molecule has 1 fully saturated rings. The molecule has 4 amide bonds. The van der Waals surface area contributed by atoms with Crippen LogP contribution in [0.3, 0.4) is 0 Å². The van der Waals surface area contributed by atoms with Gasteiger partial charge in [0, 0.05) is 25.9 Å². The number of nitrogens with one attached hydrogen (secondary N) is 2. The van der Waals surface area contributed by atoms with E-state index in [0.29, 0.717) is 30.4 Å². The van der Waals surface area contributed by atoms with Gasteiger partial charge in [-0.3, -0.25) is 14.5 Å². The first kappa shape index (κ1) is 17.2. The third-order valence-electron chi connectivity index (χ3n) is 3.18. The molecule has 2 heterocycles. The van der Waals surface area contributed by atoms with E-state index in [1.54, 1.807) is 11.7 Å². The predicted molar refractivity (Wildman–Crippen MR) is 81.5 cm³/mol. The van der Waals surface area contributed by atoms with Crippen LogP contribution < -0.4 is 10.6 Å². The Balaban J connectivity index is 1.70. The summed E-state index contributed by atoms with van der Waals surface area (Å²) in [6.45, 7) is 2.67. The number of carbonyl (C=O) groups excluding carboxylic acids is 3. The van der Waals surface area contributed by atoms with E-state index in [9.17, 15) is 14.4 Å². The summed E-state index contributed by atoms with van der Waals surface area (Å²) in [6, 6.07) is -1.20. The average molecular weight is 341 g/mol. The van der Waals surface area contributed by atoms with Gasteiger partial charge in [-0.1, -0.05) is 18.7 Å². The molecule has 0 saturated carbocycles. The van der Waals surface area contributed by atoms with Crippen molar-refractivity contribution in [1.29, 1.82) is 0 Å². The molecule has 2 rings (SSSR count). The molecule has 1 aromatic rings. The SMILES string of the molecule is CCCN1C(=O)N[C@H](CC(=O)NCCSc2nnnn2C)C1=O.